The molecule has 10 heavy (non-hydrogen) atoms. The molecule has 0 bridgehead atoms. The molecule has 0 aromatic rings. The first-order valence-electron chi connectivity index (χ1n) is 3.81. The lowest BCUT2D eigenvalue weighted by atomic mass is 10.6. The van der Waals surface area contributed by atoms with Gasteiger partial charge in [-0.25, -0.2) is 0 Å². The highest BCUT2D eigenvalue weighted by Gasteiger charge is 2.10. The zero-order valence-corrected chi connectivity index (χ0v) is 8.86. The summed E-state index contributed by atoms with van der Waals surface area (Å²) in [6.07, 6.45) is 0. The van der Waals surface area contributed by atoms with Crippen LogP contribution in [0.1, 0.15) is 0 Å². The first-order chi connectivity index (χ1) is 4.42. The van der Waals surface area contributed by atoms with Crippen molar-refractivity contribution in [1.29, 1.82) is 0 Å². The smallest absolute Gasteiger partial charge is 0.116 e. The van der Waals surface area contributed by atoms with Crippen molar-refractivity contribution in [1.82, 2.24) is 9.88 Å². The van der Waals surface area contributed by atoms with Gasteiger partial charge in [-0.3, -0.25) is 0 Å². The van der Waals surface area contributed by atoms with Gasteiger partial charge in [0.05, 0.1) is 0 Å². The Morgan fingerprint density at radius 3 is 2.00 bits per heavy atom. The molecule has 0 aliphatic carbocycles. The Kier molecular flexibility index (Phi) is 4.16. The van der Waals surface area contributed by atoms with E-state index in [2.05, 4.69) is 43.6 Å². The highest BCUT2D eigenvalue weighted by atomic mass is 28.3. The Hall–Kier alpha value is 0.137. The lowest BCUT2D eigenvalue weighted by molar-refractivity contribution is 0.413. The molecular weight excluding hydrogens is 140 g/mol. The summed E-state index contributed by atoms with van der Waals surface area (Å²) in [4.78, 5) is 5.75. The van der Waals surface area contributed by atoms with E-state index in [0.717, 1.165) is 13.1 Å². The Morgan fingerprint density at radius 1 is 1.20 bits per heavy atom. The van der Waals surface area contributed by atoms with Gasteiger partial charge in [0.15, 0.2) is 0 Å². The van der Waals surface area contributed by atoms with E-state index in [0.29, 0.717) is 0 Å². The Bertz CT molecular complexity index is 86.1. The van der Waals surface area contributed by atoms with E-state index >= 15 is 0 Å². The van der Waals surface area contributed by atoms with E-state index in [1.807, 2.05) is 0 Å². The van der Waals surface area contributed by atoms with Crippen molar-refractivity contribution in [3.05, 3.63) is 0 Å². The molecule has 2 nitrogen and oxygen atoms in total. The van der Waals surface area contributed by atoms with Gasteiger partial charge < -0.3 is 9.88 Å². The average Bonchev–Trinajstić information content (AvgIpc) is 1.59. The lowest BCUT2D eigenvalue weighted by Gasteiger charge is -2.19. The topological polar surface area (TPSA) is 15.3 Å². The van der Waals surface area contributed by atoms with Gasteiger partial charge in [0.25, 0.3) is 0 Å². The van der Waals surface area contributed by atoms with E-state index in [1.165, 1.54) is 0 Å². The van der Waals surface area contributed by atoms with Crippen LogP contribution in [-0.2, 0) is 0 Å². The third-order valence-electron chi connectivity index (χ3n) is 1.21. The van der Waals surface area contributed by atoms with Crippen LogP contribution >= 0.6 is 0 Å². The molecule has 0 rings (SSSR count). The number of rotatable bonds is 4. The van der Waals surface area contributed by atoms with Gasteiger partial charge in [-0.1, -0.05) is 19.6 Å². The number of hydrogen-bond acceptors (Lipinski definition) is 2. The average molecular weight is 160 g/mol. The van der Waals surface area contributed by atoms with Gasteiger partial charge in [0.2, 0.25) is 0 Å². The second kappa shape index (κ2) is 4.11. The number of nitrogens with one attached hydrogen (secondary N) is 1. The summed E-state index contributed by atoms with van der Waals surface area (Å²) >= 11 is 0. The Balaban J connectivity index is 3.21. The van der Waals surface area contributed by atoms with Crippen LogP contribution in [0, 0.1) is 0 Å². The molecule has 0 saturated carbocycles. The van der Waals surface area contributed by atoms with Crippen molar-refractivity contribution in [3.63, 3.8) is 0 Å². The minimum absolute atomic E-state index is 1.00. The molecule has 0 aliphatic rings. The summed E-state index contributed by atoms with van der Waals surface area (Å²) in [7, 11) is 3.21. The van der Waals surface area contributed by atoms with Gasteiger partial charge in [0, 0.05) is 13.1 Å². The first kappa shape index (κ1) is 10.1. The Morgan fingerprint density at radius 2 is 1.70 bits per heavy atom. The van der Waals surface area contributed by atoms with Crippen LogP contribution in [0.25, 0.3) is 0 Å². The monoisotopic (exact) mass is 160 g/mol. The summed E-state index contributed by atoms with van der Waals surface area (Å²) < 4.78 is 0. The van der Waals surface area contributed by atoms with Crippen LogP contribution in [0.15, 0.2) is 0 Å². The largest absolute Gasteiger partial charge is 0.336 e. The summed E-state index contributed by atoms with van der Waals surface area (Å²) in [5, 5.41) is 0. The molecule has 3 heteroatoms. The second-order valence-corrected chi connectivity index (χ2v) is 8.83. The van der Waals surface area contributed by atoms with Crippen LogP contribution in [0.4, 0.5) is 0 Å². The molecule has 62 valence electrons. The van der Waals surface area contributed by atoms with Gasteiger partial charge in [-0.05, 0) is 14.1 Å². The molecule has 0 heterocycles. The maximum atomic E-state index is 3.55. The van der Waals surface area contributed by atoms with Crippen molar-refractivity contribution in [2.24, 2.45) is 0 Å². The predicted octanol–water partition coefficient (Wildman–Crippen LogP) is 0.972. The molecule has 0 saturated heterocycles. The summed E-state index contributed by atoms with van der Waals surface area (Å²) in [5.74, 6) is 0. The van der Waals surface area contributed by atoms with Gasteiger partial charge in [-0.15, -0.1) is 0 Å². The maximum Gasteiger partial charge on any atom is 0.116 e. The predicted molar refractivity (Wildman–Crippen MR) is 49.9 cm³/mol. The molecule has 0 spiro atoms. The van der Waals surface area contributed by atoms with Crippen molar-refractivity contribution < 1.29 is 0 Å². The van der Waals surface area contributed by atoms with Crippen molar-refractivity contribution >= 4 is 8.24 Å². The molecule has 0 amide bonds. The zero-order valence-electron chi connectivity index (χ0n) is 7.86. The van der Waals surface area contributed by atoms with Crippen molar-refractivity contribution in [2.75, 3.05) is 27.2 Å². The van der Waals surface area contributed by atoms with Crippen LogP contribution in [-0.4, -0.2) is 40.3 Å². The van der Waals surface area contributed by atoms with Gasteiger partial charge >= 0.3 is 0 Å². The minimum atomic E-state index is -1.00. The summed E-state index contributed by atoms with van der Waals surface area (Å²) in [6.45, 7) is 9.24. The summed E-state index contributed by atoms with van der Waals surface area (Å²) in [5.41, 5.74) is 0. The quantitative estimate of drug-likeness (QED) is 0.617. The van der Waals surface area contributed by atoms with E-state index in [9.17, 15) is 0 Å². The molecule has 0 unspecified atom stereocenters. The van der Waals surface area contributed by atoms with E-state index in [1.54, 1.807) is 0 Å². The fourth-order valence-corrected chi connectivity index (χ4v) is 1.52. The minimum Gasteiger partial charge on any atom is -0.336 e. The molecule has 0 atom stereocenters. The van der Waals surface area contributed by atoms with Crippen LogP contribution in [0.2, 0.25) is 19.6 Å². The van der Waals surface area contributed by atoms with Crippen LogP contribution in [0.5, 0.6) is 0 Å². The van der Waals surface area contributed by atoms with Gasteiger partial charge in [0.1, 0.15) is 8.24 Å². The normalized spacial score (nSPS) is 12.6. The van der Waals surface area contributed by atoms with Crippen LogP contribution in [0.3, 0.4) is 0 Å². The highest BCUT2D eigenvalue weighted by Crippen LogP contribution is 1.92. The molecule has 0 aromatic carbocycles. The first-order valence-corrected chi connectivity index (χ1v) is 7.31. The summed E-state index contributed by atoms with van der Waals surface area (Å²) in [6, 6.07) is 0. The highest BCUT2D eigenvalue weighted by molar-refractivity contribution is 6.73. The van der Waals surface area contributed by atoms with E-state index < -0.39 is 8.24 Å². The standard InChI is InChI=1S/C7H20N2Si/c1-9(2)7-6-8-10(3,4)5/h8H,6-7H2,1-5H3. The fourth-order valence-electron chi connectivity index (χ4n) is 0.655. The number of nitrogens with zero attached hydrogens (tertiary/aromatic N) is 1. The molecule has 0 aromatic heterocycles. The Labute approximate surface area is 65.7 Å². The fraction of sp³-hybridized carbons (Fsp3) is 1.00. The third kappa shape index (κ3) is 8.14. The number of hydrogen-bond donors (Lipinski definition) is 1. The second-order valence-electron chi connectivity index (χ2n) is 3.98. The van der Waals surface area contributed by atoms with E-state index in [-0.39, 0.29) is 0 Å². The molecule has 1 N–H and O–H groups in total. The third-order valence-corrected chi connectivity index (χ3v) is 2.53. The molecule has 0 radical (unpaired) electrons. The zero-order chi connectivity index (χ0) is 8.20. The lowest BCUT2D eigenvalue weighted by Crippen LogP contribution is -2.44. The maximum absolute atomic E-state index is 3.55. The SMILES string of the molecule is CN(C)CCN[Si](C)(C)C. The molecule has 0 aliphatic heterocycles. The molecule has 0 fully saturated rings. The number of likely N-dealkylation sites (N-methyl/N-ethyl adjacent to an activating group) is 1. The van der Waals surface area contributed by atoms with Crippen molar-refractivity contribution in [3.8, 4) is 0 Å². The van der Waals surface area contributed by atoms with Gasteiger partial charge in [-0.2, -0.15) is 0 Å². The molecular formula is C7H20N2Si. The van der Waals surface area contributed by atoms with E-state index in [4.69, 9.17) is 0 Å². The van der Waals surface area contributed by atoms with Crippen LogP contribution < -0.4 is 4.98 Å². The van der Waals surface area contributed by atoms with Crippen molar-refractivity contribution in [2.45, 2.75) is 19.6 Å².